The van der Waals surface area contributed by atoms with Crippen LogP contribution >= 0.6 is 0 Å². The summed E-state index contributed by atoms with van der Waals surface area (Å²) in [4.78, 5) is 16.6. The fourth-order valence-electron chi connectivity index (χ4n) is 1.91. The average molecular weight is 253 g/mol. The summed E-state index contributed by atoms with van der Waals surface area (Å²) in [6.07, 6.45) is 0.0228. The normalized spacial score (nSPS) is 19.7. The van der Waals surface area contributed by atoms with Crippen LogP contribution in [0.1, 0.15) is 6.92 Å². The molecule has 0 aliphatic carbocycles. The number of hydrazine groups is 1. The lowest BCUT2D eigenvalue weighted by molar-refractivity contribution is -0.384. The molecule has 1 aromatic heterocycles. The Hall–Kier alpha value is -1.93. The van der Waals surface area contributed by atoms with Crippen LogP contribution in [0.25, 0.3) is 0 Å². The molecule has 2 heterocycles. The summed E-state index contributed by atoms with van der Waals surface area (Å²) in [5.74, 6) is 6.00. The summed E-state index contributed by atoms with van der Waals surface area (Å²) in [6, 6.07) is 2.88. The number of morpholine rings is 1. The van der Waals surface area contributed by atoms with Crippen LogP contribution in [0.2, 0.25) is 0 Å². The average Bonchev–Trinajstić information content (AvgIpc) is 2.38. The number of anilines is 2. The number of nitrogens with two attached hydrogens (primary N) is 1. The molecule has 1 fully saturated rings. The third kappa shape index (κ3) is 2.49. The first-order chi connectivity index (χ1) is 8.61. The largest absolute Gasteiger partial charge is 0.375 e. The van der Waals surface area contributed by atoms with E-state index in [9.17, 15) is 10.1 Å². The number of nitrogens with one attached hydrogen (secondary N) is 1. The molecule has 8 nitrogen and oxygen atoms in total. The fraction of sp³-hybridized carbons (Fsp3) is 0.500. The van der Waals surface area contributed by atoms with Gasteiger partial charge in [-0.1, -0.05) is 0 Å². The van der Waals surface area contributed by atoms with Gasteiger partial charge in [0.1, 0.15) is 5.82 Å². The van der Waals surface area contributed by atoms with Gasteiger partial charge in [0, 0.05) is 19.2 Å². The van der Waals surface area contributed by atoms with Crippen molar-refractivity contribution in [3.8, 4) is 0 Å². The molecule has 1 aromatic rings. The number of hydrogen-bond acceptors (Lipinski definition) is 7. The van der Waals surface area contributed by atoms with E-state index in [-0.39, 0.29) is 11.8 Å². The highest BCUT2D eigenvalue weighted by molar-refractivity contribution is 5.61. The van der Waals surface area contributed by atoms with Crippen LogP contribution in [-0.2, 0) is 4.74 Å². The minimum atomic E-state index is -0.442. The van der Waals surface area contributed by atoms with Crippen molar-refractivity contribution in [3.05, 3.63) is 22.2 Å². The van der Waals surface area contributed by atoms with E-state index in [0.29, 0.717) is 31.3 Å². The first-order valence-corrected chi connectivity index (χ1v) is 5.60. The van der Waals surface area contributed by atoms with Gasteiger partial charge in [0.05, 0.1) is 17.6 Å². The second-order valence-corrected chi connectivity index (χ2v) is 4.07. The molecule has 0 radical (unpaired) electrons. The van der Waals surface area contributed by atoms with Crippen LogP contribution in [0.5, 0.6) is 0 Å². The molecule has 1 atom stereocenters. The highest BCUT2D eigenvalue weighted by Gasteiger charge is 2.25. The predicted octanol–water partition coefficient (Wildman–Crippen LogP) is 0.500. The third-order valence-corrected chi connectivity index (χ3v) is 2.74. The van der Waals surface area contributed by atoms with Crippen molar-refractivity contribution < 1.29 is 9.66 Å². The van der Waals surface area contributed by atoms with Crippen LogP contribution in [0, 0.1) is 10.1 Å². The Bertz CT molecular complexity index is 453. The van der Waals surface area contributed by atoms with E-state index >= 15 is 0 Å². The number of pyridine rings is 1. The molecule has 0 amide bonds. The molecule has 0 bridgehead atoms. The van der Waals surface area contributed by atoms with Crippen molar-refractivity contribution in [1.29, 1.82) is 0 Å². The molecular formula is C10H15N5O3. The maximum Gasteiger partial charge on any atom is 0.311 e. The zero-order chi connectivity index (χ0) is 13.1. The Kier molecular flexibility index (Phi) is 3.58. The summed E-state index contributed by atoms with van der Waals surface area (Å²) >= 11 is 0. The Morgan fingerprint density at radius 2 is 2.44 bits per heavy atom. The first kappa shape index (κ1) is 12.5. The molecule has 1 saturated heterocycles. The van der Waals surface area contributed by atoms with E-state index in [1.54, 1.807) is 0 Å². The van der Waals surface area contributed by atoms with E-state index in [1.165, 1.54) is 12.1 Å². The molecule has 1 unspecified atom stereocenters. The molecule has 1 aliphatic heterocycles. The van der Waals surface area contributed by atoms with Gasteiger partial charge in [-0.3, -0.25) is 10.1 Å². The standard InChI is InChI=1S/C10H15N5O3/c1-7-6-14(4-5-18-7)10-8(15(16)17)2-3-9(12-10)13-11/h2-3,7H,4-6,11H2,1H3,(H,12,13). The number of nitrogen functional groups attached to an aromatic ring is 1. The van der Waals surface area contributed by atoms with E-state index < -0.39 is 4.92 Å². The Balaban J connectivity index is 2.36. The van der Waals surface area contributed by atoms with Crippen molar-refractivity contribution in [1.82, 2.24) is 4.98 Å². The first-order valence-electron chi connectivity index (χ1n) is 5.60. The fourth-order valence-corrected chi connectivity index (χ4v) is 1.91. The van der Waals surface area contributed by atoms with Gasteiger partial charge in [-0.25, -0.2) is 10.8 Å². The Morgan fingerprint density at radius 1 is 1.67 bits per heavy atom. The van der Waals surface area contributed by atoms with Crippen molar-refractivity contribution in [3.63, 3.8) is 0 Å². The van der Waals surface area contributed by atoms with Crippen LogP contribution in [0.3, 0.4) is 0 Å². The number of hydrogen-bond donors (Lipinski definition) is 2. The SMILES string of the molecule is CC1CN(c2nc(NN)ccc2[N+](=O)[O-])CCO1. The number of nitro groups is 1. The zero-order valence-corrected chi connectivity index (χ0v) is 10.00. The predicted molar refractivity (Wildman–Crippen MR) is 66.3 cm³/mol. The smallest absolute Gasteiger partial charge is 0.311 e. The highest BCUT2D eigenvalue weighted by atomic mass is 16.6. The van der Waals surface area contributed by atoms with Crippen molar-refractivity contribution in [2.45, 2.75) is 13.0 Å². The number of rotatable bonds is 3. The van der Waals surface area contributed by atoms with E-state index in [2.05, 4.69) is 10.4 Å². The summed E-state index contributed by atoms with van der Waals surface area (Å²) in [6.45, 7) is 3.59. The molecule has 0 saturated carbocycles. The zero-order valence-electron chi connectivity index (χ0n) is 10.00. The van der Waals surface area contributed by atoms with Gasteiger partial charge in [-0.15, -0.1) is 0 Å². The van der Waals surface area contributed by atoms with Crippen molar-refractivity contribution in [2.75, 3.05) is 30.0 Å². The van der Waals surface area contributed by atoms with Gasteiger partial charge in [-0.2, -0.15) is 0 Å². The Labute approximate surface area is 104 Å². The lowest BCUT2D eigenvalue weighted by Crippen LogP contribution is -2.41. The van der Waals surface area contributed by atoms with Crippen LogP contribution in [0.4, 0.5) is 17.3 Å². The monoisotopic (exact) mass is 253 g/mol. The van der Waals surface area contributed by atoms with E-state index in [1.807, 2.05) is 11.8 Å². The molecule has 1 aliphatic rings. The van der Waals surface area contributed by atoms with Crippen molar-refractivity contribution in [2.24, 2.45) is 5.84 Å². The summed E-state index contributed by atoms with van der Waals surface area (Å²) in [5.41, 5.74) is 2.37. The second kappa shape index (κ2) is 5.15. The topological polar surface area (TPSA) is 107 Å². The van der Waals surface area contributed by atoms with E-state index in [4.69, 9.17) is 10.6 Å². The lowest BCUT2D eigenvalue weighted by atomic mass is 10.2. The van der Waals surface area contributed by atoms with Crippen LogP contribution in [0.15, 0.2) is 12.1 Å². The van der Waals surface area contributed by atoms with Crippen LogP contribution in [-0.4, -0.2) is 35.7 Å². The molecule has 3 N–H and O–H groups in total. The Morgan fingerprint density at radius 3 is 3.06 bits per heavy atom. The summed E-state index contributed by atoms with van der Waals surface area (Å²) in [7, 11) is 0. The minimum absolute atomic E-state index is 0.0228. The molecular weight excluding hydrogens is 238 g/mol. The van der Waals surface area contributed by atoms with Gasteiger partial charge >= 0.3 is 5.69 Å². The summed E-state index contributed by atoms with van der Waals surface area (Å²) in [5, 5.41) is 11.0. The maximum absolute atomic E-state index is 11.0. The highest BCUT2D eigenvalue weighted by Crippen LogP contribution is 2.28. The number of aromatic nitrogens is 1. The molecule has 98 valence electrons. The number of nitrogens with zero attached hydrogens (tertiary/aromatic N) is 3. The van der Waals surface area contributed by atoms with E-state index in [0.717, 1.165) is 0 Å². The minimum Gasteiger partial charge on any atom is -0.375 e. The third-order valence-electron chi connectivity index (χ3n) is 2.74. The maximum atomic E-state index is 11.0. The second-order valence-electron chi connectivity index (χ2n) is 4.07. The van der Waals surface area contributed by atoms with Gasteiger partial charge in [0.15, 0.2) is 0 Å². The number of ether oxygens (including phenoxy) is 1. The molecule has 2 rings (SSSR count). The summed E-state index contributed by atoms with van der Waals surface area (Å²) < 4.78 is 5.41. The molecule has 0 aromatic carbocycles. The quantitative estimate of drug-likeness (QED) is 0.459. The van der Waals surface area contributed by atoms with Gasteiger partial charge in [0.25, 0.3) is 0 Å². The van der Waals surface area contributed by atoms with Gasteiger partial charge < -0.3 is 15.1 Å². The lowest BCUT2D eigenvalue weighted by Gasteiger charge is -2.31. The van der Waals surface area contributed by atoms with Gasteiger partial charge in [0.2, 0.25) is 5.82 Å². The molecule has 0 spiro atoms. The van der Waals surface area contributed by atoms with Gasteiger partial charge in [-0.05, 0) is 13.0 Å². The van der Waals surface area contributed by atoms with Crippen LogP contribution < -0.4 is 16.2 Å². The molecule has 8 heteroatoms. The van der Waals surface area contributed by atoms with Crippen molar-refractivity contribution >= 4 is 17.3 Å². The molecule has 18 heavy (non-hydrogen) atoms.